The van der Waals surface area contributed by atoms with E-state index in [0.717, 1.165) is 11.2 Å². The van der Waals surface area contributed by atoms with E-state index in [4.69, 9.17) is 4.65 Å². The number of benzene rings is 1. The summed E-state index contributed by atoms with van der Waals surface area (Å²) in [6, 6.07) is 7.46. The van der Waals surface area contributed by atoms with Gasteiger partial charge in [-0.2, -0.15) is 0 Å². The van der Waals surface area contributed by atoms with E-state index in [1.807, 2.05) is 38.1 Å². The lowest BCUT2D eigenvalue weighted by atomic mass is 9.77. The molecule has 1 aromatic carbocycles. The van der Waals surface area contributed by atoms with Crippen molar-refractivity contribution < 1.29 is 9.68 Å². The van der Waals surface area contributed by atoms with Crippen LogP contribution in [0.5, 0.6) is 0 Å². The van der Waals surface area contributed by atoms with Crippen LogP contribution in [0.25, 0.3) is 0 Å². The van der Waals surface area contributed by atoms with Crippen molar-refractivity contribution in [2.24, 2.45) is 10.9 Å². The maximum Gasteiger partial charge on any atom is 0.563 e. The molecule has 0 saturated heterocycles. The fourth-order valence-electron chi connectivity index (χ4n) is 1.39. The van der Waals surface area contributed by atoms with Crippen molar-refractivity contribution in [1.29, 1.82) is 0 Å². The van der Waals surface area contributed by atoms with E-state index in [9.17, 15) is 5.02 Å². The molecule has 0 aliphatic carbocycles. The Morgan fingerprint density at radius 1 is 1.36 bits per heavy atom. The number of para-hydroxylation sites is 1. The van der Waals surface area contributed by atoms with E-state index >= 15 is 0 Å². The van der Waals surface area contributed by atoms with E-state index in [1.54, 1.807) is 0 Å². The first-order valence-electron chi connectivity index (χ1n) is 4.70. The highest BCUT2D eigenvalue weighted by Crippen LogP contribution is 2.17. The molecule has 0 bridgehead atoms. The Kier molecular flexibility index (Phi) is 2.29. The Morgan fingerprint density at radius 3 is 2.79 bits per heavy atom. The van der Waals surface area contributed by atoms with E-state index in [2.05, 4.69) is 4.99 Å². The lowest BCUT2D eigenvalue weighted by Crippen LogP contribution is -2.40. The molecule has 0 spiro atoms. The van der Waals surface area contributed by atoms with Crippen LogP contribution in [0.15, 0.2) is 29.3 Å². The summed E-state index contributed by atoms with van der Waals surface area (Å²) in [4.78, 5) is 4.33. The first kappa shape index (κ1) is 9.28. The van der Waals surface area contributed by atoms with E-state index in [-0.39, 0.29) is 5.92 Å². The summed E-state index contributed by atoms with van der Waals surface area (Å²) in [5.41, 5.74) is 1.53. The van der Waals surface area contributed by atoms with Crippen LogP contribution in [-0.2, 0) is 4.65 Å². The third-order valence-corrected chi connectivity index (χ3v) is 2.16. The normalized spacial score (nSPS) is 14.9. The smallest absolute Gasteiger partial charge is 0.521 e. The van der Waals surface area contributed by atoms with Crippen LogP contribution in [0, 0.1) is 5.92 Å². The topological polar surface area (TPSA) is 41.8 Å². The second-order valence-electron chi connectivity index (χ2n) is 3.63. The van der Waals surface area contributed by atoms with Gasteiger partial charge in [0.2, 0.25) is 0 Å². The predicted molar refractivity (Wildman–Crippen MR) is 57.1 cm³/mol. The minimum absolute atomic E-state index is 0.193. The zero-order valence-corrected chi connectivity index (χ0v) is 8.27. The van der Waals surface area contributed by atoms with Gasteiger partial charge < -0.3 is 9.68 Å². The van der Waals surface area contributed by atoms with Crippen molar-refractivity contribution in [3.63, 3.8) is 0 Å². The second-order valence-corrected chi connectivity index (χ2v) is 3.63. The Morgan fingerprint density at radius 2 is 2.07 bits per heavy atom. The zero-order chi connectivity index (χ0) is 10.1. The average molecular weight is 189 g/mol. The molecule has 0 amide bonds. The molecule has 0 fully saturated rings. The Bertz CT molecular complexity index is 376. The number of fused-ring (bicyclic) bond motifs is 1. The third kappa shape index (κ3) is 1.53. The number of rotatable bonds is 1. The molecule has 1 aromatic rings. The van der Waals surface area contributed by atoms with Gasteiger partial charge in [0.15, 0.2) is 5.90 Å². The molecule has 1 aliphatic heterocycles. The van der Waals surface area contributed by atoms with Gasteiger partial charge in [-0.25, -0.2) is 4.99 Å². The summed E-state index contributed by atoms with van der Waals surface area (Å²) >= 11 is 0. The highest BCUT2D eigenvalue weighted by atomic mass is 16.5. The standard InChI is InChI=1S/C10H12BNO2/c1-7(2)10-12-9-6-4-3-5-8(9)11(13)14-10/h3-7,13H,1-2H3. The SMILES string of the molecule is CC(C)C1=Nc2ccccc2B(O)O1. The fraction of sp³-hybridized carbons (Fsp3) is 0.300. The molecule has 1 aliphatic rings. The first-order chi connectivity index (χ1) is 6.68. The molecular weight excluding hydrogens is 177 g/mol. The van der Waals surface area contributed by atoms with Crippen LogP contribution >= 0.6 is 0 Å². The number of hydrogen-bond acceptors (Lipinski definition) is 3. The summed E-state index contributed by atoms with van der Waals surface area (Å²) < 4.78 is 5.28. The van der Waals surface area contributed by atoms with Crippen LogP contribution in [0.3, 0.4) is 0 Å². The Balaban J connectivity index is 2.45. The van der Waals surface area contributed by atoms with Crippen molar-refractivity contribution in [3.05, 3.63) is 24.3 Å². The fourth-order valence-corrected chi connectivity index (χ4v) is 1.39. The van der Waals surface area contributed by atoms with Crippen molar-refractivity contribution in [1.82, 2.24) is 0 Å². The summed E-state index contributed by atoms with van der Waals surface area (Å²) in [5, 5.41) is 9.68. The molecule has 4 heteroatoms. The lowest BCUT2D eigenvalue weighted by molar-refractivity contribution is 0.406. The minimum atomic E-state index is -0.874. The summed E-state index contributed by atoms with van der Waals surface area (Å²) in [5.74, 6) is 0.786. The van der Waals surface area contributed by atoms with E-state index < -0.39 is 7.12 Å². The predicted octanol–water partition coefficient (Wildman–Crippen LogP) is 1.09. The van der Waals surface area contributed by atoms with Crippen LogP contribution in [-0.4, -0.2) is 18.0 Å². The van der Waals surface area contributed by atoms with E-state index in [0.29, 0.717) is 5.90 Å². The van der Waals surface area contributed by atoms with Gasteiger partial charge in [-0.05, 0) is 6.07 Å². The maximum absolute atomic E-state index is 9.68. The van der Waals surface area contributed by atoms with Gasteiger partial charge >= 0.3 is 7.12 Å². The molecule has 2 rings (SSSR count). The van der Waals surface area contributed by atoms with Gasteiger partial charge in [0.05, 0.1) is 5.69 Å². The quantitative estimate of drug-likeness (QED) is 0.671. The molecule has 72 valence electrons. The molecule has 3 nitrogen and oxygen atoms in total. The molecule has 1 N–H and O–H groups in total. The zero-order valence-electron chi connectivity index (χ0n) is 8.27. The molecule has 0 aromatic heterocycles. The largest absolute Gasteiger partial charge is 0.563 e. The van der Waals surface area contributed by atoms with Crippen LogP contribution < -0.4 is 5.46 Å². The number of hydrogen-bond donors (Lipinski definition) is 1. The van der Waals surface area contributed by atoms with Crippen molar-refractivity contribution in [2.45, 2.75) is 13.8 Å². The maximum atomic E-state index is 9.68. The van der Waals surface area contributed by atoms with Crippen molar-refractivity contribution in [3.8, 4) is 0 Å². The highest BCUT2D eigenvalue weighted by Gasteiger charge is 2.28. The van der Waals surface area contributed by atoms with Crippen LogP contribution in [0.2, 0.25) is 0 Å². The van der Waals surface area contributed by atoms with Gasteiger partial charge in [-0.3, -0.25) is 0 Å². The van der Waals surface area contributed by atoms with E-state index in [1.165, 1.54) is 0 Å². The monoisotopic (exact) mass is 189 g/mol. The summed E-state index contributed by atoms with van der Waals surface area (Å²) in [7, 11) is -0.874. The molecular formula is C10H12BNO2. The molecule has 0 saturated carbocycles. The number of nitrogens with zero attached hydrogens (tertiary/aromatic N) is 1. The molecule has 14 heavy (non-hydrogen) atoms. The average Bonchev–Trinajstić information content (AvgIpc) is 2.17. The highest BCUT2D eigenvalue weighted by molar-refractivity contribution is 6.64. The van der Waals surface area contributed by atoms with Gasteiger partial charge in [0.1, 0.15) is 0 Å². The summed E-state index contributed by atoms with van der Waals surface area (Å²) in [6.45, 7) is 3.97. The Labute approximate surface area is 83.6 Å². The van der Waals surface area contributed by atoms with Gasteiger partial charge in [-0.15, -0.1) is 0 Å². The van der Waals surface area contributed by atoms with Crippen molar-refractivity contribution in [2.75, 3.05) is 0 Å². The van der Waals surface area contributed by atoms with Crippen LogP contribution in [0.4, 0.5) is 5.69 Å². The third-order valence-electron chi connectivity index (χ3n) is 2.16. The molecule has 1 heterocycles. The van der Waals surface area contributed by atoms with Crippen molar-refractivity contribution >= 4 is 24.2 Å². The van der Waals surface area contributed by atoms with Gasteiger partial charge in [-0.1, -0.05) is 32.0 Å². The Hall–Kier alpha value is -1.29. The van der Waals surface area contributed by atoms with Gasteiger partial charge in [0, 0.05) is 11.4 Å². The van der Waals surface area contributed by atoms with Crippen LogP contribution in [0.1, 0.15) is 13.8 Å². The lowest BCUT2D eigenvalue weighted by Gasteiger charge is -2.21. The summed E-state index contributed by atoms with van der Waals surface area (Å²) in [6.07, 6.45) is 0. The second kappa shape index (κ2) is 3.46. The first-order valence-corrected chi connectivity index (χ1v) is 4.70. The van der Waals surface area contributed by atoms with Gasteiger partial charge in [0.25, 0.3) is 0 Å². The number of aliphatic imine (C=N–C) groups is 1. The molecule has 0 unspecified atom stereocenters. The minimum Gasteiger partial charge on any atom is -0.521 e. The molecule has 0 radical (unpaired) electrons. The molecule has 0 atom stereocenters.